The number of hydrogen-bond donors (Lipinski definition) is 1. The molecule has 1 heterocycles. The lowest BCUT2D eigenvalue weighted by Crippen LogP contribution is -2.13. The first-order valence-electron chi connectivity index (χ1n) is 9.18. The molecule has 0 fully saturated rings. The fraction of sp³-hybridized carbons (Fsp3) is 0.0455. The molecule has 0 aliphatic carbocycles. The Bertz CT molecular complexity index is 1250. The van der Waals surface area contributed by atoms with Crippen LogP contribution in [0.3, 0.4) is 0 Å². The topological polar surface area (TPSA) is 120 Å². The number of methoxy groups -OCH3 is 1. The van der Waals surface area contributed by atoms with Crippen molar-refractivity contribution < 1.29 is 19.0 Å². The van der Waals surface area contributed by atoms with Crippen LogP contribution < -0.4 is 10.1 Å². The molecule has 0 spiro atoms. The first kappa shape index (κ1) is 19.8. The number of nitrogens with one attached hydrogen (secondary N) is 1. The van der Waals surface area contributed by atoms with Crippen molar-refractivity contribution in [2.24, 2.45) is 0 Å². The van der Waals surface area contributed by atoms with Gasteiger partial charge in [-0.3, -0.25) is 14.9 Å². The Hall–Kier alpha value is -4.53. The van der Waals surface area contributed by atoms with Gasteiger partial charge in [0.05, 0.1) is 23.2 Å². The number of anilines is 1. The molecule has 4 rings (SSSR count). The number of hydrogen-bond acceptors (Lipinski definition) is 7. The highest BCUT2D eigenvalue weighted by atomic mass is 16.6. The van der Waals surface area contributed by atoms with Gasteiger partial charge in [0, 0.05) is 23.4 Å². The second kappa shape index (κ2) is 8.46. The van der Waals surface area contributed by atoms with E-state index >= 15 is 0 Å². The molecule has 9 heteroatoms. The largest absolute Gasteiger partial charge is 0.497 e. The van der Waals surface area contributed by atoms with Crippen LogP contribution in [0.2, 0.25) is 0 Å². The molecule has 1 aromatic heterocycles. The van der Waals surface area contributed by atoms with Crippen LogP contribution >= 0.6 is 0 Å². The van der Waals surface area contributed by atoms with Crippen LogP contribution in [-0.4, -0.2) is 28.1 Å². The Kier molecular flexibility index (Phi) is 5.39. The molecule has 3 aromatic carbocycles. The van der Waals surface area contributed by atoms with E-state index < -0.39 is 10.8 Å². The molecule has 0 aliphatic heterocycles. The lowest BCUT2D eigenvalue weighted by Gasteiger charge is -2.07. The fourth-order valence-electron chi connectivity index (χ4n) is 2.94. The Morgan fingerprint density at radius 1 is 1.06 bits per heavy atom. The van der Waals surface area contributed by atoms with E-state index in [0.29, 0.717) is 34.0 Å². The van der Waals surface area contributed by atoms with Crippen LogP contribution in [0, 0.1) is 10.1 Å². The van der Waals surface area contributed by atoms with Crippen LogP contribution in [0.25, 0.3) is 22.8 Å². The fourth-order valence-corrected chi connectivity index (χ4v) is 2.94. The van der Waals surface area contributed by atoms with Gasteiger partial charge in [-0.1, -0.05) is 29.4 Å². The van der Waals surface area contributed by atoms with Crippen LogP contribution in [0.1, 0.15) is 10.4 Å². The molecule has 0 unspecified atom stereocenters. The highest BCUT2D eigenvalue weighted by molar-refractivity contribution is 6.08. The lowest BCUT2D eigenvalue weighted by molar-refractivity contribution is -0.384. The highest BCUT2D eigenvalue weighted by Gasteiger charge is 2.18. The number of non-ortho nitro benzene ring substituents is 1. The van der Waals surface area contributed by atoms with E-state index in [9.17, 15) is 14.9 Å². The maximum Gasteiger partial charge on any atom is 0.269 e. The van der Waals surface area contributed by atoms with Gasteiger partial charge in [-0.15, -0.1) is 0 Å². The molecule has 0 saturated carbocycles. The van der Waals surface area contributed by atoms with Gasteiger partial charge in [-0.2, -0.15) is 4.98 Å². The van der Waals surface area contributed by atoms with Crippen LogP contribution in [0.5, 0.6) is 5.75 Å². The molecular weight excluding hydrogens is 400 g/mol. The number of benzene rings is 3. The van der Waals surface area contributed by atoms with Crippen LogP contribution in [0.4, 0.5) is 11.4 Å². The van der Waals surface area contributed by atoms with E-state index in [1.165, 1.54) is 24.3 Å². The SMILES string of the molecule is COc1cccc(-c2noc(-c3ccccc3C(=O)Nc3ccc([N+](=O)[O-])cc3)n2)c1. The molecule has 1 N–H and O–H groups in total. The summed E-state index contributed by atoms with van der Waals surface area (Å²) in [6.07, 6.45) is 0. The summed E-state index contributed by atoms with van der Waals surface area (Å²) >= 11 is 0. The smallest absolute Gasteiger partial charge is 0.269 e. The molecule has 9 nitrogen and oxygen atoms in total. The van der Waals surface area contributed by atoms with Crippen LogP contribution in [0.15, 0.2) is 77.3 Å². The number of nitrogens with zero attached hydrogens (tertiary/aromatic N) is 3. The molecular formula is C22H16N4O5. The van der Waals surface area contributed by atoms with E-state index in [2.05, 4.69) is 15.5 Å². The molecule has 0 atom stereocenters. The van der Waals surface area contributed by atoms with Gasteiger partial charge in [0.15, 0.2) is 0 Å². The van der Waals surface area contributed by atoms with Crippen molar-refractivity contribution in [1.29, 1.82) is 0 Å². The maximum atomic E-state index is 12.8. The van der Waals surface area contributed by atoms with E-state index in [4.69, 9.17) is 9.26 Å². The number of nitro benzene ring substituents is 1. The Balaban J connectivity index is 1.61. The Morgan fingerprint density at radius 3 is 2.58 bits per heavy atom. The number of ether oxygens (including phenoxy) is 1. The predicted octanol–water partition coefficient (Wildman–Crippen LogP) is 4.57. The third kappa shape index (κ3) is 4.25. The van der Waals surface area contributed by atoms with Crippen LogP contribution in [-0.2, 0) is 0 Å². The molecule has 1 amide bonds. The monoisotopic (exact) mass is 416 g/mol. The minimum Gasteiger partial charge on any atom is -0.497 e. The zero-order valence-electron chi connectivity index (χ0n) is 16.3. The van der Waals surface area contributed by atoms with E-state index in [-0.39, 0.29) is 11.6 Å². The first-order valence-corrected chi connectivity index (χ1v) is 9.18. The molecule has 0 aliphatic rings. The number of amides is 1. The van der Waals surface area contributed by atoms with Gasteiger partial charge in [-0.05, 0) is 36.4 Å². The summed E-state index contributed by atoms with van der Waals surface area (Å²) in [5.41, 5.74) is 1.86. The van der Waals surface area contributed by atoms with Crippen molar-refractivity contribution in [3.05, 3.63) is 88.5 Å². The summed E-state index contributed by atoms with van der Waals surface area (Å²) in [4.78, 5) is 27.5. The quantitative estimate of drug-likeness (QED) is 0.361. The summed E-state index contributed by atoms with van der Waals surface area (Å²) in [7, 11) is 1.57. The van der Waals surface area contributed by atoms with Gasteiger partial charge in [0.1, 0.15) is 5.75 Å². The van der Waals surface area contributed by atoms with Gasteiger partial charge in [0.25, 0.3) is 17.5 Å². The summed E-state index contributed by atoms with van der Waals surface area (Å²) in [5.74, 6) is 0.795. The lowest BCUT2D eigenvalue weighted by atomic mass is 10.1. The molecule has 4 aromatic rings. The minimum atomic E-state index is -0.504. The number of rotatable bonds is 6. The van der Waals surface area contributed by atoms with E-state index in [1.54, 1.807) is 37.4 Å². The highest BCUT2D eigenvalue weighted by Crippen LogP contribution is 2.27. The van der Waals surface area contributed by atoms with E-state index in [0.717, 1.165) is 0 Å². The summed E-state index contributed by atoms with van der Waals surface area (Å²) < 4.78 is 10.6. The third-order valence-corrected chi connectivity index (χ3v) is 4.49. The molecule has 31 heavy (non-hydrogen) atoms. The average molecular weight is 416 g/mol. The third-order valence-electron chi connectivity index (χ3n) is 4.49. The first-order chi connectivity index (χ1) is 15.0. The number of carbonyl (C=O) groups excluding carboxylic acids is 1. The Morgan fingerprint density at radius 2 is 1.84 bits per heavy atom. The molecule has 154 valence electrons. The van der Waals surface area contributed by atoms with Gasteiger partial charge in [-0.25, -0.2) is 0 Å². The average Bonchev–Trinajstić information content (AvgIpc) is 3.30. The van der Waals surface area contributed by atoms with Gasteiger partial charge >= 0.3 is 0 Å². The number of aromatic nitrogens is 2. The zero-order valence-corrected chi connectivity index (χ0v) is 16.3. The van der Waals surface area contributed by atoms with Crippen molar-refractivity contribution in [2.75, 3.05) is 12.4 Å². The van der Waals surface area contributed by atoms with E-state index in [1.807, 2.05) is 18.2 Å². The molecule has 0 saturated heterocycles. The second-order valence-electron chi connectivity index (χ2n) is 6.46. The minimum absolute atomic E-state index is 0.0608. The van der Waals surface area contributed by atoms with Crippen molar-refractivity contribution in [3.63, 3.8) is 0 Å². The van der Waals surface area contributed by atoms with Gasteiger partial charge in [0.2, 0.25) is 5.82 Å². The van der Waals surface area contributed by atoms with Crippen molar-refractivity contribution in [1.82, 2.24) is 10.1 Å². The number of carbonyl (C=O) groups is 1. The summed E-state index contributed by atoms with van der Waals surface area (Å²) in [5, 5.41) is 17.5. The van der Waals surface area contributed by atoms with Crippen molar-refractivity contribution in [2.45, 2.75) is 0 Å². The van der Waals surface area contributed by atoms with Crippen molar-refractivity contribution in [3.8, 4) is 28.6 Å². The zero-order chi connectivity index (χ0) is 21.8. The maximum absolute atomic E-state index is 12.8. The normalized spacial score (nSPS) is 10.5. The molecule has 0 bridgehead atoms. The standard InChI is InChI=1S/C22H16N4O5/c1-30-17-6-4-5-14(13-17)20-24-22(31-25-20)19-8-3-2-7-18(19)21(27)23-15-9-11-16(12-10-15)26(28)29/h2-13H,1H3,(H,23,27). The second-order valence-corrected chi connectivity index (χ2v) is 6.46. The van der Waals surface area contributed by atoms with Crippen molar-refractivity contribution >= 4 is 17.3 Å². The predicted molar refractivity (Wildman–Crippen MR) is 113 cm³/mol. The summed E-state index contributed by atoms with van der Waals surface area (Å²) in [6.45, 7) is 0. The Labute approximate surface area is 176 Å². The van der Waals surface area contributed by atoms with Gasteiger partial charge < -0.3 is 14.6 Å². The molecule has 0 radical (unpaired) electrons. The summed E-state index contributed by atoms with van der Waals surface area (Å²) in [6, 6.07) is 19.6. The number of nitro groups is 1.